The molecule has 3 rings (SSSR count). The number of carbonyl (C=O) groups is 1. The number of carbonyl (C=O) groups excluding carboxylic acids is 1. The van der Waals surface area contributed by atoms with Crippen LogP contribution >= 0.6 is 11.3 Å². The van der Waals surface area contributed by atoms with Crippen LogP contribution in [-0.2, 0) is 17.9 Å². The maximum atomic E-state index is 13.9. The summed E-state index contributed by atoms with van der Waals surface area (Å²) in [5.41, 5.74) is 2.45. The third kappa shape index (κ3) is 6.39. The summed E-state index contributed by atoms with van der Waals surface area (Å²) in [6.07, 6.45) is 3.27. The number of aryl methyl sites for hydroxylation is 1. The molecule has 1 amide bonds. The van der Waals surface area contributed by atoms with Crippen molar-refractivity contribution in [3.8, 4) is 11.5 Å². The van der Waals surface area contributed by atoms with Crippen LogP contribution in [0.15, 0.2) is 53.9 Å². The highest BCUT2D eigenvalue weighted by molar-refractivity contribution is 7.09. The Morgan fingerprint density at radius 2 is 2.10 bits per heavy atom. The zero-order chi connectivity index (χ0) is 22.2. The van der Waals surface area contributed by atoms with Crippen LogP contribution in [0.3, 0.4) is 0 Å². The number of hydrogen-bond donors (Lipinski definition) is 0. The van der Waals surface area contributed by atoms with E-state index >= 15 is 0 Å². The van der Waals surface area contributed by atoms with Crippen molar-refractivity contribution in [2.45, 2.75) is 27.0 Å². The maximum Gasteiger partial charge on any atom is 0.246 e. The highest BCUT2D eigenvalue weighted by Gasteiger charge is 2.11. The van der Waals surface area contributed by atoms with Gasteiger partial charge in [-0.1, -0.05) is 18.2 Å². The lowest BCUT2D eigenvalue weighted by molar-refractivity contribution is -0.126. The van der Waals surface area contributed by atoms with Crippen molar-refractivity contribution in [3.63, 3.8) is 0 Å². The zero-order valence-electron chi connectivity index (χ0n) is 17.8. The monoisotopic (exact) mass is 440 g/mol. The first-order valence-electron chi connectivity index (χ1n) is 9.91. The van der Waals surface area contributed by atoms with Crippen molar-refractivity contribution in [1.29, 1.82) is 0 Å². The highest BCUT2D eigenvalue weighted by atomic mass is 32.1. The van der Waals surface area contributed by atoms with Gasteiger partial charge < -0.3 is 14.4 Å². The lowest BCUT2D eigenvalue weighted by Crippen LogP contribution is -2.28. The van der Waals surface area contributed by atoms with Crippen molar-refractivity contribution >= 4 is 23.3 Å². The van der Waals surface area contributed by atoms with Gasteiger partial charge in [-0.2, -0.15) is 0 Å². The van der Waals surface area contributed by atoms with Gasteiger partial charge in [-0.15, -0.1) is 11.3 Å². The number of likely N-dealkylation sites (N-methyl/N-ethyl adjacent to an activating group) is 1. The van der Waals surface area contributed by atoms with Crippen molar-refractivity contribution in [2.24, 2.45) is 0 Å². The Bertz CT molecular complexity index is 1060. The van der Waals surface area contributed by atoms with Crippen LogP contribution in [0.5, 0.6) is 11.5 Å². The van der Waals surface area contributed by atoms with Crippen LogP contribution in [0, 0.1) is 12.7 Å². The van der Waals surface area contributed by atoms with Crippen molar-refractivity contribution in [3.05, 3.63) is 81.6 Å². The fourth-order valence-electron chi connectivity index (χ4n) is 2.99. The predicted octanol–water partition coefficient (Wildman–Crippen LogP) is 5.24. The average molecular weight is 441 g/mol. The van der Waals surface area contributed by atoms with Crippen molar-refractivity contribution < 1.29 is 18.7 Å². The molecule has 2 aromatic carbocycles. The molecule has 0 unspecified atom stereocenters. The summed E-state index contributed by atoms with van der Waals surface area (Å²) in [5.74, 6) is 0.304. The van der Waals surface area contributed by atoms with Crippen molar-refractivity contribution in [1.82, 2.24) is 9.88 Å². The fraction of sp³-hybridized carbons (Fsp3) is 0.250. The molecule has 0 aliphatic carbocycles. The van der Waals surface area contributed by atoms with Gasteiger partial charge in [-0.25, -0.2) is 9.37 Å². The Labute approximate surface area is 185 Å². The Hall–Kier alpha value is -3.19. The first kappa shape index (κ1) is 22.5. The fourth-order valence-corrected chi connectivity index (χ4v) is 3.58. The molecule has 0 fully saturated rings. The number of thiazole rings is 1. The normalized spacial score (nSPS) is 11.0. The second-order valence-electron chi connectivity index (χ2n) is 6.87. The van der Waals surface area contributed by atoms with Crippen LogP contribution in [0.2, 0.25) is 0 Å². The molecule has 5 nitrogen and oxygen atoms in total. The van der Waals surface area contributed by atoms with E-state index in [1.54, 1.807) is 34.4 Å². The molecule has 7 heteroatoms. The summed E-state index contributed by atoms with van der Waals surface area (Å²) in [6, 6.07) is 12.2. The van der Waals surface area contributed by atoms with E-state index in [0.29, 0.717) is 31.0 Å². The number of hydrogen-bond acceptors (Lipinski definition) is 5. The Kier molecular flexibility index (Phi) is 7.78. The van der Waals surface area contributed by atoms with E-state index in [-0.39, 0.29) is 11.7 Å². The predicted molar refractivity (Wildman–Crippen MR) is 121 cm³/mol. The molecule has 31 heavy (non-hydrogen) atoms. The lowest BCUT2D eigenvalue weighted by atomic mass is 10.1. The largest absolute Gasteiger partial charge is 0.494 e. The molecule has 0 aliphatic heterocycles. The van der Waals surface area contributed by atoms with Crippen LogP contribution in [0.25, 0.3) is 6.08 Å². The third-order valence-corrected chi connectivity index (χ3v) is 5.44. The van der Waals surface area contributed by atoms with Crippen LogP contribution < -0.4 is 9.47 Å². The molecule has 0 spiro atoms. The molecule has 1 heterocycles. The van der Waals surface area contributed by atoms with E-state index in [1.165, 1.54) is 19.3 Å². The minimum absolute atomic E-state index is 0.150. The number of benzene rings is 2. The summed E-state index contributed by atoms with van der Waals surface area (Å²) >= 11 is 1.59. The number of amides is 1. The van der Waals surface area contributed by atoms with Gasteiger partial charge in [-0.05, 0) is 55.3 Å². The van der Waals surface area contributed by atoms with Gasteiger partial charge in [-0.3, -0.25) is 4.79 Å². The number of rotatable bonds is 9. The van der Waals surface area contributed by atoms with E-state index < -0.39 is 5.82 Å². The van der Waals surface area contributed by atoms with Gasteiger partial charge in [0.25, 0.3) is 0 Å². The minimum atomic E-state index is -0.441. The maximum absolute atomic E-state index is 13.9. The van der Waals surface area contributed by atoms with Gasteiger partial charge in [0.05, 0.1) is 17.8 Å². The van der Waals surface area contributed by atoms with E-state index in [0.717, 1.165) is 16.3 Å². The molecule has 0 N–H and O–H groups in total. The molecule has 0 atom stereocenters. The highest BCUT2D eigenvalue weighted by Crippen LogP contribution is 2.20. The first-order valence-corrected chi connectivity index (χ1v) is 10.8. The smallest absolute Gasteiger partial charge is 0.246 e. The minimum Gasteiger partial charge on any atom is -0.494 e. The molecule has 0 radical (unpaired) electrons. The number of halogens is 1. The number of ether oxygens (including phenoxy) is 2. The summed E-state index contributed by atoms with van der Waals surface area (Å²) < 4.78 is 24.7. The van der Waals surface area contributed by atoms with Gasteiger partial charge in [0.15, 0.2) is 11.6 Å². The van der Waals surface area contributed by atoms with E-state index in [4.69, 9.17) is 9.47 Å². The quantitative estimate of drug-likeness (QED) is 0.427. The molecule has 0 saturated carbocycles. The summed E-state index contributed by atoms with van der Waals surface area (Å²) in [7, 11) is 1.42. The van der Waals surface area contributed by atoms with E-state index in [1.807, 2.05) is 43.5 Å². The summed E-state index contributed by atoms with van der Waals surface area (Å²) in [5, 5.41) is 2.98. The second kappa shape index (κ2) is 10.7. The van der Waals surface area contributed by atoms with Gasteiger partial charge in [0.2, 0.25) is 5.91 Å². The lowest BCUT2D eigenvalue weighted by Gasteiger charge is -2.19. The molecular weight excluding hydrogens is 415 g/mol. The number of methoxy groups -OCH3 is 1. The average Bonchev–Trinajstić information content (AvgIpc) is 3.20. The number of aromatic nitrogens is 1. The second-order valence-corrected chi connectivity index (χ2v) is 7.94. The first-order chi connectivity index (χ1) is 15.0. The van der Waals surface area contributed by atoms with Crippen LogP contribution in [0.1, 0.15) is 28.8 Å². The standard InChI is InChI=1S/C24H25FN2O3S/c1-4-27(14-19-8-10-23(29-3)22(25)13-19)24(28)11-9-18-6-5-7-21(12-18)30-15-20-16-31-17(2)26-20/h5-13,16H,4,14-15H2,1-3H3/b11-9+. The molecular formula is C24H25FN2O3S. The Balaban J connectivity index is 1.61. The molecule has 1 aromatic heterocycles. The van der Waals surface area contributed by atoms with E-state index in [2.05, 4.69) is 4.98 Å². The summed E-state index contributed by atoms with van der Waals surface area (Å²) in [6.45, 7) is 5.07. The molecule has 0 bridgehead atoms. The van der Waals surface area contributed by atoms with Gasteiger partial charge in [0.1, 0.15) is 12.4 Å². The molecule has 162 valence electrons. The molecule has 0 saturated heterocycles. The molecule has 0 aliphatic rings. The van der Waals surface area contributed by atoms with E-state index in [9.17, 15) is 9.18 Å². The van der Waals surface area contributed by atoms with Gasteiger partial charge in [0, 0.05) is 24.5 Å². The Morgan fingerprint density at radius 3 is 2.77 bits per heavy atom. The zero-order valence-corrected chi connectivity index (χ0v) is 18.6. The number of nitrogens with zero attached hydrogens (tertiary/aromatic N) is 2. The van der Waals surface area contributed by atoms with Gasteiger partial charge >= 0.3 is 0 Å². The summed E-state index contributed by atoms with van der Waals surface area (Å²) in [4.78, 5) is 18.7. The van der Waals surface area contributed by atoms with Crippen LogP contribution in [0.4, 0.5) is 4.39 Å². The SMILES string of the molecule is CCN(Cc1ccc(OC)c(F)c1)C(=O)/C=C/c1cccc(OCc2csc(C)n2)c1. The Morgan fingerprint density at radius 1 is 1.26 bits per heavy atom. The van der Waals surface area contributed by atoms with Crippen molar-refractivity contribution in [2.75, 3.05) is 13.7 Å². The third-order valence-electron chi connectivity index (χ3n) is 4.61. The topological polar surface area (TPSA) is 51.7 Å². The molecule has 3 aromatic rings. The van der Waals surface area contributed by atoms with Crippen LogP contribution in [-0.4, -0.2) is 29.4 Å².